The Kier molecular flexibility index (Phi) is 15.6. The van der Waals surface area contributed by atoms with Crippen molar-refractivity contribution in [1.82, 2.24) is 26.4 Å². The lowest BCUT2D eigenvalue weighted by Gasteiger charge is -2.35. The molecule has 11 nitrogen and oxygen atoms in total. The van der Waals surface area contributed by atoms with Crippen molar-refractivity contribution in [2.24, 2.45) is 16.8 Å². The number of hydrogen-bond acceptors (Lipinski definition) is 8. The molecule has 0 saturated carbocycles. The van der Waals surface area contributed by atoms with Crippen molar-refractivity contribution >= 4 is 23.4 Å². The molecule has 0 aromatic rings. The first kappa shape index (κ1) is 35.2. The molecule has 1 unspecified atom stereocenters. The Balaban J connectivity index is 2.87. The van der Waals surface area contributed by atoms with E-state index in [1.807, 2.05) is 45.9 Å². The summed E-state index contributed by atoms with van der Waals surface area (Å²) in [6, 6.07) is -2.10. The molecule has 1 aliphatic heterocycles. The Morgan fingerprint density at radius 2 is 1.93 bits per heavy atom. The van der Waals surface area contributed by atoms with Gasteiger partial charge in [-0.1, -0.05) is 46.4 Å². The van der Waals surface area contributed by atoms with Crippen LogP contribution in [0.3, 0.4) is 0 Å². The zero-order valence-corrected chi connectivity index (χ0v) is 25.4. The van der Waals surface area contributed by atoms with Crippen molar-refractivity contribution in [1.29, 1.82) is 0 Å². The molecule has 11 heteroatoms. The number of ether oxygens (including phenoxy) is 1. The highest BCUT2D eigenvalue weighted by atomic mass is 16.5. The van der Waals surface area contributed by atoms with Crippen LogP contribution >= 0.6 is 0 Å². The van der Waals surface area contributed by atoms with E-state index in [0.29, 0.717) is 19.4 Å². The number of hydrogen-bond donors (Lipinski definition) is 5. The lowest BCUT2D eigenvalue weighted by molar-refractivity contribution is -0.143. The summed E-state index contributed by atoms with van der Waals surface area (Å²) in [5.41, 5.74) is 4.74. The molecule has 1 saturated heterocycles. The highest BCUT2D eigenvalue weighted by Crippen LogP contribution is 2.15. The average molecular weight is 563 g/mol. The average Bonchev–Trinajstić information content (AvgIpc) is 2.96. The maximum atomic E-state index is 13.2. The van der Waals surface area contributed by atoms with Crippen LogP contribution in [0, 0.1) is 11.8 Å². The van der Waals surface area contributed by atoms with Crippen LogP contribution in [0.4, 0.5) is 0 Å². The molecule has 0 bridgehead atoms. The van der Waals surface area contributed by atoms with Gasteiger partial charge in [0.25, 0.3) is 5.91 Å². The van der Waals surface area contributed by atoms with Gasteiger partial charge in [-0.25, -0.2) is 5.43 Å². The molecule has 1 fully saturated rings. The van der Waals surface area contributed by atoms with Gasteiger partial charge in [-0.3, -0.25) is 29.7 Å². The van der Waals surface area contributed by atoms with E-state index in [0.717, 1.165) is 17.7 Å². The van der Waals surface area contributed by atoms with E-state index in [-0.39, 0.29) is 17.7 Å². The standard InChI is InChI=1S/C29H50N6O5/c1-10-21(11-2)17-22(30-7)14-15-24(40-9)19(5)26(36)33-25(18(3)4)28(38)32-20(6)29(39)35-16-12-13-23(34-35)27(37)31-8/h10,14-15,17-20,23-26,33-34,36H,1,11-13,16H2,2-9H3,(H,31,37)(H,32,38)/b15-14+,21-17-,30-22-/t19-,20+,23+,24-,25+,26?/m1/s1. The topological polar surface area (TPSA) is 144 Å². The third-order valence-corrected chi connectivity index (χ3v) is 7.05. The summed E-state index contributed by atoms with van der Waals surface area (Å²) in [5.74, 6) is -1.54. The van der Waals surface area contributed by atoms with Gasteiger partial charge in [0.1, 0.15) is 18.3 Å². The summed E-state index contributed by atoms with van der Waals surface area (Å²) < 4.78 is 5.62. The third kappa shape index (κ3) is 10.6. The predicted molar refractivity (Wildman–Crippen MR) is 158 cm³/mol. The fourth-order valence-corrected chi connectivity index (χ4v) is 4.34. The summed E-state index contributed by atoms with van der Waals surface area (Å²) in [7, 11) is 4.81. The zero-order valence-electron chi connectivity index (χ0n) is 25.4. The highest BCUT2D eigenvalue weighted by Gasteiger charge is 2.33. The quantitative estimate of drug-likeness (QED) is 0.115. The molecule has 0 aliphatic carbocycles. The number of allylic oxidation sites excluding steroid dienone is 4. The number of methoxy groups -OCH3 is 1. The molecule has 1 heterocycles. The second kappa shape index (κ2) is 17.8. The minimum absolute atomic E-state index is 0.179. The summed E-state index contributed by atoms with van der Waals surface area (Å²) >= 11 is 0. The van der Waals surface area contributed by atoms with Gasteiger partial charge in [-0.2, -0.15) is 0 Å². The van der Waals surface area contributed by atoms with Gasteiger partial charge in [0, 0.05) is 33.7 Å². The summed E-state index contributed by atoms with van der Waals surface area (Å²) in [4.78, 5) is 42.5. The molecular formula is C29H50N6O5. The molecule has 6 atom stereocenters. The van der Waals surface area contributed by atoms with Gasteiger partial charge < -0.3 is 20.5 Å². The number of aliphatic hydroxyl groups is 1. The Labute approximate surface area is 239 Å². The van der Waals surface area contributed by atoms with Crippen LogP contribution in [0.1, 0.15) is 53.9 Å². The first-order valence-corrected chi connectivity index (χ1v) is 14.0. The van der Waals surface area contributed by atoms with Crippen molar-refractivity contribution in [3.63, 3.8) is 0 Å². The van der Waals surface area contributed by atoms with Gasteiger partial charge in [0.15, 0.2) is 0 Å². The Morgan fingerprint density at radius 3 is 2.45 bits per heavy atom. The van der Waals surface area contributed by atoms with Crippen molar-refractivity contribution in [2.45, 2.75) is 84.3 Å². The summed E-state index contributed by atoms with van der Waals surface area (Å²) in [5, 5.41) is 20.8. The smallest absolute Gasteiger partial charge is 0.258 e. The summed E-state index contributed by atoms with van der Waals surface area (Å²) in [6.45, 7) is 13.4. The van der Waals surface area contributed by atoms with Crippen molar-refractivity contribution in [3.8, 4) is 0 Å². The second-order valence-electron chi connectivity index (χ2n) is 10.3. The number of likely N-dealkylation sites (N-methyl/N-ethyl adjacent to an activating group) is 1. The molecule has 1 rings (SSSR count). The van der Waals surface area contributed by atoms with Gasteiger partial charge in [0.2, 0.25) is 11.8 Å². The number of hydrazine groups is 1. The number of rotatable bonds is 15. The lowest BCUT2D eigenvalue weighted by atomic mass is 9.97. The summed E-state index contributed by atoms with van der Waals surface area (Å²) in [6.07, 6.45) is 7.97. The minimum Gasteiger partial charge on any atom is -0.378 e. The zero-order chi connectivity index (χ0) is 30.4. The number of carbonyl (C=O) groups excluding carboxylic acids is 3. The molecule has 5 N–H and O–H groups in total. The molecule has 0 aromatic heterocycles. The maximum absolute atomic E-state index is 13.2. The monoisotopic (exact) mass is 562 g/mol. The van der Waals surface area contributed by atoms with Gasteiger partial charge in [-0.05, 0) is 49.8 Å². The van der Waals surface area contributed by atoms with E-state index in [2.05, 4.69) is 32.9 Å². The van der Waals surface area contributed by atoms with Gasteiger partial charge >= 0.3 is 0 Å². The third-order valence-electron chi connectivity index (χ3n) is 7.05. The second-order valence-corrected chi connectivity index (χ2v) is 10.3. The van der Waals surface area contributed by atoms with Crippen LogP contribution in [0.5, 0.6) is 0 Å². The van der Waals surface area contributed by atoms with E-state index in [4.69, 9.17) is 4.74 Å². The maximum Gasteiger partial charge on any atom is 0.258 e. The van der Waals surface area contributed by atoms with Gasteiger partial charge in [0.05, 0.1) is 17.9 Å². The number of nitrogens with one attached hydrogen (secondary N) is 4. The first-order valence-electron chi connectivity index (χ1n) is 14.0. The van der Waals surface area contributed by atoms with Crippen molar-refractivity contribution in [2.75, 3.05) is 27.7 Å². The minimum atomic E-state index is -1.08. The number of aliphatic imine (C=N–C) groups is 1. The van der Waals surface area contributed by atoms with E-state index >= 15 is 0 Å². The number of carbonyl (C=O) groups is 3. The Morgan fingerprint density at radius 1 is 1.25 bits per heavy atom. The molecular weight excluding hydrogens is 512 g/mol. The first-order chi connectivity index (χ1) is 18.9. The highest BCUT2D eigenvalue weighted by molar-refractivity contribution is 6.04. The largest absolute Gasteiger partial charge is 0.378 e. The van der Waals surface area contributed by atoms with Crippen LogP contribution in [0.25, 0.3) is 0 Å². The van der Waals surface area contributed by atoms with Crippen LogP contribution < -0.4 is 21.4 Å². The number of nitrogens with zero attached hydrogens (tertiary/aromatic N) is 2. The fraction of sp³-hybridized carbons (Fsp3) is 0.655. The van der Waals surface area contributed by atoms with Crippen LogP contribution in [0.2, 0.25) is 0 Å². The Bertz CT molecular complexity index is 947. The number of aliphatic hydroxyl groups excluding tert-OH is 1. The van der Waals surface area contributed by atoms with E-state index in [1.165, 1.54) is 5.01 Å². The van der Waals surface area contributed by atoms with Crippen molar-refractivity contribution in [3.05, 3.63) is 36.5 Å². The number of amides is 3. The molecule has 40 heavy (non-hydrogen) atoms. The van der Waals surface area contributed by atoms with Crippen LogP contribution in [-0.4, -0.2) is 91.8 Å². The van der Waals surface area contributed by atoms with Crippen LogP contribution in [0.15, 0.2) is 41.4 Å². The SMILES string of the molecule is C=C/C(=C/C(/C=C/[C@@H](OC)[C@@H](C)C(O)N[C@H](C(=O)N[C@@H](C)C(=O)N1CCC[C@@H](C(=O)NC)N1)C(C)C)=N\C)CC. The van der Waals surface area contributed by atoms with Crippen LogP contribution in [-0.2, 0) is 19.1 Å². The molecule has 3 amide bonds. The van der Waals surface area contributed by atoms with Crippen molar-refractivity contribution < 1.29 is 24.2 Å². The van der Waals surface area contributed by atoms with E-state index in [1.54, 1.807) is 34.2 Å². The fourth-order valence-electron chi connectivity index (χ4n) is 4.34. The lowest BCUT2D eigenvalue weighted by Crippen LogP contribution is -2.62. The predicted octanol–water partition coefficient (Wildman–Crippen LogP) is 1.47. The molecule has 0 spiro atoms. The molecule has 0 aromatic carbocycles. The van der Waals surface area contributed by atoms with Gasteiger partial charge in [-0.15, -0.1) is 0 Å². The molecule has 226 valence electrons. The van der Waals surface area contributed by atoms with E-state index in [9.17, 15) is 19.5 Å². The van der Waals surface area contributed by atoms with E-state index < -0.39 is 42.3 Å². The molecule has 1 aliphatic rings. The molecule has 0 radical (unpaired) electrons. The normalized spacial score (nSPS) is 20.6. The Hall–Kier alpha value is -2.86.